The summed E-state index contributed by atoms with van der Waals surface area (Å²) in [4.78, 5) is 11.7. The Morgan fingerprint density at radius 3 is 2.30 bits per heavy atom. The number of non-ortho nitro benzene ring substituents is 1. The molecule has 0 aliphatic rings. The molecule has 0 fully saturated rings. The first-order valence-electron chi connectivity index (χ1n) is 8.68. The summed E-state index contributed by atoms with van der Waals surface area (Å²) < 4.78 is 2.21. The van der Waals surface area contributed by atoms with Crippen LogP contribution < -0.4 is 0 Å². The zero-order valence-corrected chi connectivity index (χ0v) is 15.4. The highest BCUT2D eigenvalue weighted by molar-refractivity contribution is 7.98. The smallest absolute Gasteiger partial charge is 0.269 e. The molecule has 0 bridgehead atoms. The highest BCUT2D eigenvalue weighted by Gasteiger charge is 2.10. The SMILES string of the molecule is O=[N+]([O-])c1ccc(Cn2cc(SCc3ccccc3)c3ccccc32)cc1. The van der Waals surface area contributed by atoms with Crippen molar-refractivity contribution in [2.45, 2.75) is 17.2 Å². The summed E-state index contributed by atoms with van der Waals surface area (Å²) in [5, 5.41) is 12.1. The van der Waals surface area contributed by atoms with Crippen molar-refractivity contribution < 1.29 is 4.92 Å². The summed E-state index contributed by atoms with van der Waals surface area (Å²) in [6.45, 7) is 0.685. The van der Waals surface area contributed by atoms with Crippen LogP contribution in [0.5, 0.6) is 0 Å². The molecule has 0 radical (unpaired) electrons. The minimum Gasteiger partial charge on any atom is -0.342 e. The predicted molar refractivity (Wildman–Crippen MR) is 110 cm³/mol. The Morgan fingerprint density at radius 1 is 0.852 bits per heavy atom. The number of para-hydroxylation sites is 1. The van der Waals surface area contributed by atoms with Gasteiger partial charge in [0, 0.05) is 46.4 Å². The van der Waals surface area contributed by atoms with Gasteiger partial charge in [-0.15, -0.1) is 11.8 Å². The molecule has 0 spiro atoms. The molecule has 0 saturated heterocycles. The van der Waals surface area contributed by atoms with E-state index in [1.54, 1.807) is 12.1 Å². The fourth-order valence-electron chi connectivity index (χ4n) is 3.11. The summed E-state index contributed by atoms with van der Waals surface area (Å²) >= 11 is 1.83. The second-order valence-corrected chi connectivity index (χ2v) is 7.35. The maximum atomic E-state index is 10.8. The third-order valence-corrected chi connectivity index (χ3v) is 5.60. The van der Waals surface area contributed by atoms with Crippen LogP contribution >= 0.6 is 11.8 Å². The van der Waals surface area contributed by atoms with E-state index in [0.29, 0.717) is 6.54 Å². The molecule has 1 aromatic heterocycles. The van der Waals surface area contributed by atoms with Gasteiger partial charge in [-0.05, 0) is 17.2 Å². The van der Waals surface area contributed by atoms with Gasteiger partial charge in [0.15, 0.2) is 0 Å². The monoisotopic (exact) mass is 374 g/mol. The Bertz CT molecular complexity index is 1070. The molecule has 4 nitrogen and oxygen atoms in total. The van der Waals surface area contributed by atoms with Gasteiger partial charge in [0.2, 0.25) is 0 Å². The van der Waals surface area contributed by atoms with E-state index < -0.39 is 0 Å². The van der Waals surface area contributed by atoms with Crippen molar-refractivity contribution in [2.24, 2.45) is 0 Å². The zero-order valence-electron chi connectivity index (χ0n) is 14.6. The molecule has 1 heterocycles. The molecular formula is C22H18N2O2S. The van der Waals surface area contributed by atoms with E-state index in [1.807, 2.05) is 36.0 Å². The minimum absolute atomic E-state index is 0.121. The first-order chi connectivity index (χ1) is 13.2. The van der Waals surface area contributed by atoms with Crippen LogP contribution in [0, 0.1) is 10.1 Å². The Morgan fingerprint density at radius 2 is 1.56 bits per heavy atom. The lowest BCUT2D eigenvalue weighted by atomic mass is 10.2. The minimum atomic E-state index is -0.368. The number of benzene rings is 3. The fourth-order valence-corrected chi connectivity index (χ4v) is 4.16. The molecule has 134 valence electrons. The summed E-state index contributed by atoms with van der Waals surface area (Å²) in [5.41, 5.74) is 3.64. The third kappa shape index (κ3) is 3.88. The van der Waals surface area contributed by atoms with Crippen LogP contribution in [0.25, 0.3) is 10.9 Å². The van der Waals surface area contributed by atoms with Crippen LogP contribution in [0.1, 0.15) is 11.1 Å². The number of hydrogen-bond donors (Lipinski definition) is 0. The Labute approximate surface area is 161 Å². The van der Waals surface area contributed by atoms with Crippen molar-refractivity contribution >= 4 is 28.4 Å². The molecule has 0 aliphatic carbocycles. The van der Waals surface area contributed by atoms with Gasteiger partial charge in [-0.1, -0.05) is 60.7 Å². The van der Waals surface area contributed by atoms with E-state index in [0.717, 1.165) is 11.3 Å². The Hall–Kier alpha value is -3.05. The number of hydrogen-bond acceptors (Lipinski definition) is 3. The number of thioether (sulfide) groups is 1. The van der Waals surface area contributed by atoms with E-state index in [1.165, 1.54) is 21.4 Å². The lowest BCUT2D eigenvalue weighted by Crippen LogP contribution is -1.98. The molecule has 0 aliphatic heterocycles. The van der Waals surface area contributed by atoms with Crippen LogP contribution in [0.3, 0.4) is 0 Å². The van der Waals surface area contributed by atoms with Crippen molar-refractivity contribution in [1.29, 1.82) is 0 Å². The van der Waals surface area contributed by atoms with Crippen molar-refractivity contribution in [3.8, 4) is 0 Å². The van der Waals surface area contributed by atoms with E-state index in [4.69, 9.17) is 0 Å². The Kier molecular flexibility index (Phi) is 4.94. The zero-order chi connectivity index (χ0) is 18.6. The molecule has 0 N–H and O–H groups in total. The second kappa shape index (κ2) is 7.68. The van der Waals surface area contributed by atoms with E-state index in [2.05, 4.69) is 53.2 Å². The summed E-state index contributed by atoms with van der Waals surface area (Å²) in [6, 6.07) is 25.6. The molecule has 27 heavy (non-hydrogen) atoms. The summed E-state index contributed by atoms with van der Waals surface area (Å²) in [5.74, 6) is 0.923. The number of rotatable bonds is 6. The molecule has 4 aromatic rings. The number of fused-ring (bicyclic) bond motifs is 1. The molecule has 0 atom stereocenters. The fraction of sp³-hybridized carbons (Fsp3) is 0.0909. The second-order valence-electron chi connectivity index (χ2n) is 6.34. The molecule has 0 saturated carbocycles. The largest absolute Gasteiger partial charge is 0.342 e. The number of aromatic nitrogens is 1. The van der Waals surface area contributed by atoms with E-state index in [9.17, 15) is 10.1 Å². The normalized spacial score (nSPS) is 11.0. The molecule has 3 aromatic carbocycles. The molecule has 0 unspecified atom stereocenters. The van der Waals surface area contributed by atoms with Crippen molar-refractivity contribution in [3.05, 3.63) is 106 Å². The standard InChI is InChI=1S/C22H18N2O2S/c25-24(26)19-12-10-17(11-13-19)14-23-15-22(20-8-4-5-9-21(20)23)27-16-18-6-2-1-3-7-18/h1-13,15H,14,16H2. The van der Waals surface area contributed by atoms with Crippen LogP contribution in [0.4, 0.5) is 5.69 Å². The van der Waals surface area contributed by atoms with Crippen molar-refractivity contribution in [2.75, 3.05) is 0 Å². The van der Waals surface area contributed by atoms with Crippen LogP contribution in [-0.4, -0.2) is 9.49 Å². The summed E-state index contributed by atoms with van der Waals surface area (Å²) in [7, 11) is 0. The van der Waals surface area contributed by atoms with Crippen molar-refractivity contribution in [3.63, 3.8) is 0 Å². The predicted octanol–water partition coefficient (Wildman–Crippen LogP) is 5.89. The maximum absolute atomic E-state index is 10.8. The van der Waals surface area contributed by atoms with Crippen LogP contribution in [0.2, 0.25) is 0 Å². The van der Waals surface area contributed by atoms with Gasteiger partial charge in [-0.2, -0.15) is 0 Å². The number of nitrogens with zero attached hydrogens (tertiary/aromatic N) is 2. The highest BCUT2D eigenvalue weighted by Crippen LogP contribution is 2.32. The van der Waals surface area contributed by atoms with Gasteiger partial charge < -0.3 is 4.57 Å². The van der Waals surface area contributed by atoms with Gasteiger partial charge in [-0.3, -0.25) is 10.1 Å². The lowest BCUT2D eigenvalue weighted by Gasteiger charge is -2.05. The molecule has 5 heteroatoms. The first kappa shape index (κ1) is 17.4. The van der Waals surface area contributed by atoms with Crippen LogP contribution in [-0.2, 0) is 12.3 Å². The van der Waals surface area contributed by atoms with Crippen LogP contribution in [0.15, 0.2) is 90.0 Å². The van der Waals surface area contributed by atoms with Gasteiger partial charge in [0.1, 0.15) is 0 Å². The third-order valence-electron chi connectivity index (χ3n) is 4.49. The molecular weight excluding hydrogens is 356 g/mol. The van der Waals surface area contributed by atoms with E-state index >= 15 is 0 Å². The highest BCUT2D eigenvalue weighted by atomic mass is 32.2. The lowest BCUT2D eigenvalue weighted by molar-refractivity contribution is -0.384. The van der Waals surface area contributed by atoms with Gasteiger partial charge in [0.25, 0.3) is 5.69 Å². The average Bonchev–Trinajstić information content (AvgIpc) is 3.05. The molecule has 0 amide bonds. The number of nitro groups is 1. The van der Waals surface area contributed by atoms with Gasteiger partial charge >= 0.3 is 0 Å². The average molecular weight is 374 g/mol. The number of nitro benzene ring substituents is 1. The summed E-state index contributed by atoms with van der Waals surface area (Å²) in [6.07, 6.45) is 2.18. The van der Waals surface area contributed by atoms with E-state index in [-0.39, 0.29) is 10.6 Å². The first-order valence-corrected chi connectivity index (χ1v) is 9.67. The topological polar surface area (TPSA) is 48.1 Å². The van der Waals surface area contributed by atoms with Gasteiger partial charge in [0.05, 0.1) is 4.92 Å². The van der Waals surface area contributed by atoms with Crippen molar-refractivity contribution in [1.82, 2.24) is 4.57 Å². The molecule has 4 rings (SSSR count). The van der Waals surface area contributed by atoms with Gasteiger partial charge in [-0.25, -0.2) is 0 Å². The Balaban J connectivity index is 1.60. The maximum Gasteiger partial charge on any atom is 0.269 e. The quantitative estimate of drug-likeness (QED) is 0.240.